The molecule has 2 aromatic carbocycles. The SMILES string of the molecule is CC(Sc1ccccc1Cl)C(=O)Nc1ccc(N2CCOCC2)c(F)c1. The Morgan fingerprint density at radius 3 is 2.69 bits per heavy atom. The van der Waals surface area contributed by atoms with E-state index in [1.807, 2.05) is 23.1 Å². The number of carbonyl (C=O) groups is 1. The summed E-state index contributed by atoms with van der Waals surface area (Å²) in [4.78, 5) is 15.2. The van der Waals surface area contributed by atoms with Crippen LogP contribution in [-0.2, 0) is 9.53 Å². The Morgan fingerprint density at radius 1 is 1.27 bits per heavy atom. The fourth-order valence-corrected chi connectivity index (χ4v) is 3.83. The molecule has 1 unspecified atom stereocenters. The largest absolute Gasteiger partial charge is 0.378 e. The molecule has 0 radical (unpaired) electrons. The number of hydrogen-bond donors (Lipinski definition) is 1. The number of hydrogen-bond acceptors (Lipinski definition) is 4. The number of morpholine rings is 1. The van der Waals surface area contributed by atoms with Gasteiger partial charge in [0.2, 0.25) is 5.91 Å². The normalized spacial score (nSPS) is 15.6. The number of thioether (sulfide) groups is 1. The minimum absolute atomic E-state index is 0.201. The van der Waals surface area contributed by atoms with Gasteiger partial charge in [-0.3, -0.25) is 4.79 Å². The summed E-state index contributed by atoms with van der Waals surface area (Å²) in [6.45, 7) is 4.30. The molecule has 1 saturated heterocycles. The van der Waals surface area contributed by atoms with E-state index in [4.69, 9.17) is 16.3 Å². The Balaban J connectivity index is 1.63. The van der Waals surface area contributed by atoms with E-state index in [0.29, 0.717) is 42.7 Å². The van der Waals surface area contributed by atoms with Crippen LogP contribution < -0.4 is 10.2 Å². The highest BCUT2D eigenvalue weighted by atomic mass is 35.5. The number of halogens is 2. The molecule has 1 N–H and O–H groups in total. The van der Waals surface area contributed by atoms with Gasteiger partial charge in [-0.1, -0.05) is 23.7 Å². The Labute approximate surface area is 161 Å². The minimum Gasteiger partial charge on any atom is -0.378 e. The lowest BCUT2D eigenvalue weighted by atomic mass is 10.2. The molecule has 26 heavy (non-hydrogen) atoms. The van der Waals surface area contributed by atoms with E-state index in [0.717, 1.165) is 4.90 Å². The summed E-state index contributed by atoms with van der Waals surface area (Å²) in [6.07, 6.45) is 0. The van der Waals surface area contributed by atoms with E-state index in [9.17, 15) is 9.18 Å². The van der Waals surface area contributed by atoms with Crippen molar-refractivity contribution in [2.45, 2.75) is 17.1 Å². The second kappa shape index (κ2) is 8.75. The lowest BCUT2D eigenvalue weighted by Gasteiger charge is -2.29. The van der Waals surface area contributed by atoms with Gasteiger partial charge in [0.15, 0.2) is 0 Å². The molecule has 2 aromatic rings. The average molecular weight is 395 g/mol. The molecule has 7 heteroatoms. The van der Waals surface area contributed by atoms with Crippen molar-refractivity contribution in [1.82, 2.24) is 0 Å². The first-order valence-electron chi connectivity index (χ1n) is 8.39. The van der Waals surface area contributed by atoms with Crippen LogP contribution in [0.2, 0.25) is 5.02 Å². The zero-order valence-electron chi connectivity index (χ0n) is 14.4. The van der Waals surface area contributed by atoms with Crippen LogP contribution in [0.15, 0.2) is 47.4 Å². The Kier molecular flexibility index (Phi) is 6.40. The number of nitrogens with one attached hydrogen (secondary N) is 1. The summed E-state index contributed by atoms with van der Waals surface area (Å²) in [5, 5.41) is 3.01. The predicted octanol–water partition coefficient (Wildman–Crippen LogP) is 4.44. The lowest BCUT2D eigenvalue weighted by Crippen LogP contribution is -2.36. The molecule has 138 valence electrons. The van der Waals surface area contributed by atoms with Crippen LogP contribution in [0.5, 0.6) is 0 Å². The Morgan fingerprint density at radius 2 is 2.00 bits per heavy atom. The quantitative estimate of drug-likeness (QED) is 0.761. The molecule has 1 amide bonds. The first-order valence-corrected chi connectivity index (χ1v) is 9.64. The van der Waals surface area contributed by atoms with Gasteiger partial charge in [0, 0.05) is 23.7 Å². The minimum atomic E-state index is -0.364. The predicted molar refractivity (Wildman–Crippen MR) is 105 cm³/mol. The molecule has 1 aliphatic heterocycles. The monoisotopic (exact) mass is 394 g/mol. The standard InChI is InChI=1S/C19H20ClFN2O2S/c1-13(26-18-5-3-2-4-15(18)20)19(24)22-14-6-7-17(16(21)12-14)23-8-10-25-11-9-23/h2-7,12-13H,8-11H2,1H3,(H,22,24). The number of amides is 1. The van der Waals surface area contributed by atoms with Gasteiger partial charge < -0.3 is 15.0 Å². The molecular formula is C19H20ClFN2O2S. The van der Waals surface area contributed by atoms with Crippen LogP contribution in [0.1, 0.15) is 6.92 Å². The Bertz CT molecular complexity index is 784. The van der Waals surface area contributed by atoms with Crippen molar-refractivity contribution in [2.24, 2.45) is 0 Å². The van der Waals surface area contributed by atoms with Crippen molar-refractivity contribution < 1.29 is 13.9 Å². The summed E-state index contributed by atoms with van der Waals surface area (Å²) in [5.41, 5.74) is 0.973. The zero-order chi connectivity index (χ0) is 18.5. The van der Waals surface area contributed by atoms with Crippen LogP contribution in [0.3, 0.4) is 0 Å². The smallest absolute Gasteiger partial charge is 0.237 e. The van der Waals surface area contributed by atoms with Crippen LogP contribution in [0.25, 0.3) is 0 Å². The number of nitrogens with zero attached hydrogens (tertiary/aromatic N) is 1. The summed E-state index contributed by atoms with van der Waals surface area (Å²) in [7, 11) is 0. The van der Waals surface area contributed by atoms with Crippen molar-refractivity contribution >= 4 is 40.6 Å². The highest BCUT2D eigenvalue weighted by molar-refractivity contribution is 8.00. The van der Waals surface area contributed by atoms with Gasteiger partial charge in [0.1, 0.15) is 5.82 Å². The van der Waals surface area contributed by atoms with Crippen LogP contribution >= 0.6 is 23.4 Å². The second-order valence-corrected chi connectivity index (χ2v) is 7.74. The molecule has 0 aromatic heterocycles. The average Bonchev–Trinajstić information content (AvgIpc) is 2.64. The maximum absolute atomic E-state index is 14.4. The molecule has 0 spiro atoms. The first-order chi connectivity index (χ1) is 12.5. The fourth-order valence-electron chi connectivity index (χ4n) is 2.67. The highest BCUT2D eigenvalue weighted by Gasteiger charge is 2.18. The summed E-state index contributed by atoms with van der Waals surface area (Å²) < 4.78 is 19.7. The molecule has 1 fully saturated rings. The summed E-state index contributed by atoms with van der Waals surface area (Å²) >= 11 is 7.50. The van der Waals surface area contributed by atoms with E-state index in [-0.39, 0.29) is 17.0 Å². The molecular weight excluding hydrogens is 375 g/mol. The molecule has 4 nitrogen and oxygen atoms in total. The van der Waals surface area contributed by atoms with E-state index in [2.05, 4.69) is 5.32 Å². The number of benzene rings is 2. The number of anilines is 2. The zero-order valence-corrected chi connectivity index (χ0v) is 15.9. The van der Waals surface area contributed by atoms with Crippen molar-refractivity contribution in [3.05, 3.63) is 53.3 Å². The van der Waals surface area contributed by atoms with Crippen LogP contribution in [0, 0.1) is 5.82 Å². The molecule has 1 aliphatic rings. The van der Waals surface area contributed by atoms with Gasteiger partial charge in [-0.25, -0.2) is 4.39 Å². The van der Waals surface area contributed by atoms with E-state index >= 15 is 0 Å². The van der Waals surface area contributed by atoms with E-state index in [1.165, 1.54) is 17.8 Å². The van der Waals surface area contributed by atoms with Gasteiger partial charge >= 0.3 is 0 Å². The van der Waals surface area contributed by atoms with Gasteiger partial charge in [-0.05, 0) is 37.3 Å². The third-order valence-corrected chi connectivity index (χ3v) is 5.70. The van der Waals surface area contributed by atoms with Gasteiger partial charge in [-0.2, -0.15) is 0 Å². The van der Waals surface area contributed by atoms with Crippen molar-refractivity contribution in [3.8, 4) is 0 Å². The number of ether oxygens (including phenoxy) is 1. The van der Waals surface area contributed by atoms with Crippen molar-refractivity contribution in [3.63, 3.8) is 0 Å². The molecule has 1 heterocycles. The maximum Gasteiger partial charge on any atom is 0.237 e. The third-order valence-electron chi connectivity index (χ3n) is 4.08. The van der Waals surface area contributed by atoms with Crippen molar-refractivity contribution in [1.29, 1.82) is 0 Å². The fraction of sp³-hybridized carbons (Fsp3) is 0.316. The molecule has 0 saturated carbocycles. The maximum atomic E-state index is 14.4. The van der Waals surface area contributed by atoms with Gasteiger partial charge in [0.25, 0.3) is 0 Å². The van der Waals surface area contributed by atoms with Crippen LogP contribution in [-0.4, -0.2) is 37.5 Å². The summed E-state index contributed by atoms with van der Waals surface area (Å²) in [5.74, 6) is -0.551. The van der Waals surface area contributed by atoms with E-state index in [1.54, 1.807) is 25.1 Å². The Hall–Kier alpha value is -1.76. The molecule has 1 atom stereocenters. The van der Waals surface area contributed by atoms with Gasteiger partial charge in [-0.15, -0.1) is 11.8 Å². The van der Waals surface area contributed by atoms with Crippen LogP contribution in [0.4, 0.5) is 15.8 Å². The molecule has 3 rings (SSSR count). The lowest BCUT2D eigenvalue weighted by molar-refractivity contribution is -0.115. The third kappa shape index (κ3) is 4.69. The number of carbonyl (C=O) groups excluding carboxylic acids is 1. The number of rotatable bonds is 5. The summed E-state index contributed by atoms with van der Waals surface area (Å²) in [6, 6.07) is 12.1. The molecule has 0 bridgehead atoms. The first kappa shape index (κ1) is 19.0. The van der Waals surface area contributed by atoms with Crippen molar-refractivity contribution in [2.75, 3.05) is 36.5 Å². The second-order valence-electron chi connectivity index (χ2n) is 5.95. The molecule has 0 aliphatic carbocycles. The van der Waals surface area contributed by atoms with E-state index < -0.39 is 0 Å². The van der Waals surface area contributed by atoms with Gasteiger partial charge in [0.05, 0.1) is 29.2 Å². The highest BCUT2D eigenvalue weighted by Crippen LogP contribution is 2.31. The topological polar surface area (TPSA) is 41.6 Å².